The first-order valence-corrected chi connectivity index (χ1v) is 10.8. The lowest BCUT2D eigenvalue weighted by molar-refractivity contribution is -0.114. The summed E-state index contributed by atoms with van der Waals surface area (Å²) >= 11 is 0. The van der Waals surface area contributed by atoms with Crippen LogP contribution < -0.4 is 5.32 Å². The van der Waals surface area contributed by atoms with Crippen LogP contribution in [0.4, 0.5) is 5.82 Å². The topological polar surface area (TPSA) is 99.0 Å². The second-order valence-electron chi connectivity index (χ2n) is 8.24. The Hall–Kier alpha value is -3.91. The molecule has 1 aliphatic heterocycles. The van der Waals surface area contributed by atoms with Gasteiger partial charge < -0.3 is 14.6 Å². The van der Waals surface area contributed by atoms with E-state index < -0.39 is 0 Å². The van der Waals surface area contributed by atoms with Crippen molar-refractivity contribution in [2.24, 2.45) is 7.05 Å². The van der Waals surface area contributed by atoms with Crippen LogP contribution >= 0.6 is 0 Å². The van der Waals surface area contributed by atoms with Gasteiger partial charge in [-0.1, -0.05) is 0 Å². The second kappa shape index (κ2) is 8.55. The van der Waals surface area contributed by atoms with E-state index in [1.165, 1.54) is 6.92 Å². The number of amides is 1. The zero-order valence-corrected chi connectivity index (χ0v) is 18.4. The smallest absolute Gasteiger partial charge is 0.222 e. The summed E-state index contributed by atoms with van der Waals surface area (Å²) in [5.41, 5.74) is 5.86. The van der Waals surface area contributed by atoms with E-state index in [9.17, 15) is 9.59 Å². The van der Waals surface area contributed by atoms with Crippen molar-refractivity contribution in [3.8, 4) is 22.5 Å². The highest BCUT2D eigenvalue weighted by Gasteiger charge is 2.22. The van der Waals surface area contributed by atoms with Gasteiger partial charge in [-0.05, 0) is 36.8 Å². The largest absolute Gasteiger partial charge is 0.381 e. The summed E-state index contributed by atoms with van der Waals surface area (Å²) in [6.45, 7) is 2.82. The molecule has 1 unspecified atom stereocenters. The minimum atomic E-state index is -0.173. The van der Waals surface area contributed by atoms with Gasteiger partial charge in [0.05, 0.1) is 29.7 Å². The summed E-state index contributed by atoms with van der Waals surface area (Å²) in [6.07, 6.45) is 7.05. The number of aryl methyl sites for hydroxylation is 1. The number of carbonyl (C=O) groups is 2. The summed E-state index contributed by atoms with van der Waals surface area (Å²) < 4.78 is 7.61. The van der Waals surface area contributed by atoms with Crippen LogP contribution in [0.2, 0.25) is 0 Å². The van der Waals surface area contributed by atoms with Gasteiger partial charge >= 0.3 is 0 Å². The molecule has 0 saturated carbocycles. The Labute approximate surface area is 190 Å². The Balaban J connectivity index is 1.68. The van der Waals surface area contributed by atoms with Gasteiger partial charge in [-0.2, -0.15) is 0 Å². The molecular weight excluding hydrogens is 418 g/mol. The number of anilines is 1. The number of rotatable bonds is 5. The normalized spacial score (nSPS) is 15.6. The average Bonchev–Trinajstić information content (AvgIpc) is 3.47. The predicted molar refractivity (Wildman–Crippen MR) is 125 cm³/mol. The highest BCUT2D eigenvalue weighted by atomic mass is 16.5. The van der Waals surface area contributed by atoms with Crippen molar-refractivity contribution in [2.45, 2.75) is 19.3 Å². The van der Waals surface area contributed by atoms with Gasteiger partial charge in [-0.3, -0.25) is 19.6 Å². The van der Waals surface area contributed by atoms with E-state index in [4.69, 9.17) is 9.72 Å². The van der Waals surface area contributed by atoms with Gasteiger partial charge in [0.1, 0.15) is 5.82 Å². The molecule has 33 heavy (non-hydrogen) atoms. The first-order valence-electron chi connectivity index (χ1n) is 10.8. The summed E-state index contributed by atoms with van der Waals surface area (Å²) in [7, 11) is 1.96. The molecule has 1 atom stereocenters. The number of hydrogen-bond acceptors (Lipinski definition) is 6. The van der Waals surface area contributed by atoms with Crippen molar-refractivity contribution in [1.82, 2.24) is 19.5 Å². The number of nitrogens with zero attached hydrogens (tertiary/aromatic N) is 4. The van der Waals surface area contributed by atoms with Crippen LogP contribution in [0.25, 0.3) is 33.4 Å². The van der Waals surface area contributed by atoms with Gasteiger partial charge in [-0.15, -0.1) is 0 Å². The fourth-order valence-corrected chi connectivity index (χ4v) is 4.19. The Morgan fingerprint density at radius 3 is 2.76 bits per heavy atom. The van der Waals surface area contributed by atoms with Gasteiger partial charge in [-0.25, -0.2) is 4.98 Å². The van der Waals surface area contributed by atoms with Crippen molar-refractivity contribution >= 4 is 28.9 Å². The fraction of sp³-hybridized carbons (Fsp3) is 0.240. The molecule has 1 N–H and O–H groups in total. The standard InChI is InChI=1S/C25H23N5O3/c1-15(32)28-25-9-19-20(12-30(2)24(19)11-27-25)23-8-18(21-4-3-16(13-31)10-26-21)7-22(29-23)17-5-6-33-14-17/h3-4,7-13,17H,5-6,14H2,1-2H3,(H,27,28,32). The molecule has 4 aromatic heterocycles. The van der Waals surface area contributed by atoms with Gasteiger partial charge in [0.25, 0.3) is 0 Å². The van der Waals surface area contributed by atoms with Crippen LogP contribution in [-0.4, -0.2) is 44.9 Å². The van der Waals surface area contributed by atoms with Crippen molar-refractivity contribution in [1.29, 1.82) is 0 Å². The van der Waals surface area contributed by atoms with E-state index in [1.807, 2.05) is 36.0 Å². The fourth-order valence-electron chi connectivity index (χ4n) is 4.19. The SMILES string of the molecule is CC(=O)Nc1cc2c(-c3cc(-c4ccc(C=O)cn4)cc(C4CCOC4)n3)cn(C)c2cn1. The van der Waals surface area contributed by atoms with E-state index in [1.54, 1.807) is 18.5 Å². The highest BCUT2D eigenvalue weighted by molar-refractivity contribution is 5.98. The third kappa shape index (κ3) is 4.12. The van der Waals surface area contributed by atoms with Crippen LogP contribution in [0, 0.1) is 0 Å². The molecule has 1 saturated heterocycles. The monoisotopic (exact) mass is 441 g/mol. The molecule has 166 valence electrons. The lowest BCUT2D eigenvalue weighted by Gasteiger charge is -2.12. The maximum Gasteiger partial charge on any atom is 0.222 e. The van der Waals surface area contributed by atoms with Crippen LogP contribution in [0.5, 0.6) is 0 Å². The maximum atomic E-state index is 11.5. The first-order chi connectivity index (χ1) is 16.0. The molecule has 1 fully saturated rings. The molecule has 8 nitrogen and oxygen atoms in total. The zero-order chi connectivity index (χ0) is 22.9. The zero-order valence-electron chi connectivity index (χ0n) is 18.4. The summed E-state index contributed by atoms with van der Waals surface area (Å²) in [5.74, 6) is 0.534. The molecule has 0 radical (unpaired) electrons. The van der Waals surface area contributed by atoms with Crippen LogP contribution in [0.15, 0.2) is 48.9 Å². The van der Waals surface area contributed by atoms with E-state index in [0.29, 0.717) is 18.0 Å². The van der Waals surface area contributed by atoms with Gasteiger partial charge in [0.15, 0.2) is 6.29 Å². The first kappa shape index (κ1) is 21.0. The molecule has 0 spiro atoms. The minimum Gasteiger partial charge on any atom is -0.381 e. The molecule has 5 rings (SSSR count). The molecule has 4 aromatic rings. The molecule has 0 aromatic carbocycles. The number of pyridine rings is 3. The molecule has 1 amide bonds. The number of hydrogen-bond donors (Lipinski definition) is 1. The third-order valence-electron chi connectivity index (χ3n) is 5.87. The third-order valence-corrected chi connectivity index (χ3v) is 5.87. The van der Waals surface area contributed by atoms with Crippen LogP contribution in [0.1, 0.15) is 35.3 Å². The van der Waals surface area contributed by atoms with Gasteiger partial charge in [0.2, 0.25) is 5.91 Å². The van der Waals surface area contributed by atoms with Crippen molar-refractivity contribution in [3.05, 3.63) is 60.2 Å². The summed E-state index contributed by atoms with van der Waals surface area (Å²) in [4.78, 5) is 36.4. The Bertz CT molecular complexity index is 1350. The molecular formula is C25H23N5O3. The Morgan fingerprint density at radius 1 is 1.18 bits per heavy atom. The number of nitrogens with one attached hydrogen (secondary N) is 1. The number of fused-ring (bicyclic) bond motifs is 1. The number of aldehydes is 1. The van der Waals surface area contributed by atoms with Crippen molar-refractivity contribution in [3.63, 3.8) is 0 Å². The lowest BCUT2D eigenvalue weighted by Crippen LogP contribution is -2.07. The summed E-state index contributed by atoms with van der Waals surface area (Å²) in [6, 6.07) is 9.54. The van der Waals surface area contributed by atoms with E-state index in [2.05, 4.69) is 21.4 Å². The molecule has 0 aliphatic carbocycles. The lowest BCUT2D eigenvalue weighted by atomic mass is 9.98. The van der Waals surface area contributed by atoms with E-state index in [-0.39, 0.29) is 11.8 Å². The quantitative estimate of drug-likeness (QED) is 0.471. The second-order valence-corrected chi connectivity index (χ2v) is 8.24. The highest BCUT2D eigenvalue weighted by Crippen LogP contribution is 2.35. The number of carbonyl (C=O) groups excluding carboxylic acids is 2. The van der Waals surface area contributed by atoms with Gasteiger partial charge in [0, 0.05) is 66.7 Å². The van der Waals surface area contributed by atoms with E-state index in [0.717, 1.165) is 58.4 Å². The predicted octanol–water partition coefficient (Wildman–Crippen LogP) is 3.97. The molecule has 0 bridgehead atoms. The molecule has 8 heteroatoms. The van der Waals surface area contributed by atoms with Crippen molar-refractivity contribution < 1.29 is 14.3 Å². The van der Waals surface area contributed by atoms with Crippen molar-refractivity contribution in [2.75, 3.05) is 18.5 Å². The average molecular weight is 441 g/mol. The Kier molecular flexibility index (Phi) is 5.43. The number of aromatic nitrogens is 4. The number of ether oxygens (including phenoxy) is 1. The summed E-state index contributed by atoms with van der Waals surface area (Å²) in [5, 5.41) is 3.70. The van der Waals surface area contributed by atoms with E-state index >= 15 is 0 Å². The maximum absolute atomic E-state index is 11.5. The molecule has 5 heterocycles. The molecule has 1 aliphatic rings. The van der Waals surface area contributed by atoms with Crippen LogP contribution in [0.3, 0.4) is 0 Å². The minimum absolute atomic E-state index is 0.173. The van der Waals surface area contributed by atoms with Crippen LogP contribution in [-0.2, 0) is 16.6 Å². The Morgan fingerprint density at radius 2 is 2.06 bits per heavy atom.